The van der Waals surface area contributed by atoms with Crippen LogP contribution >= 0.6 is 0 Å². The number of benzene rings is 1. The summed E-state index contributed by atoms with van der Waals surface area (Å²) in [6.07, 6.45) is 0.704. The van der Waals surface area contributed by atoms with Gasteiger partial charge in [0.15, 0.2) is 0 Å². The fraction of sp³-hybridized carbons (Fsp3) is 0.471. The van der Waals surface area contributed by atoms with Gasteiger partial charge in [-0.2, -0.15) is 0 Å². The molecule has 7 heteroatoms. The lowest BCUT2D eigenvalue weighted by Gasteiger charge is -2.26. The molecule has 0 bridgehead atoms. The normalized spacial score (nSPS) is 11.5. The number of carbonyl (C=O) groups is 3. The van der Waals surface area contributed by atoms with E-state index in [1.54, 1.807) is 7.11 Å². The molecule has 24 heavy (non-hydrogen) atoms. The van der Waals surface area contributed by atoms with Crippen LogP contribution in [0.1, 0.15) is 25.8 Å². The molecule has 1 unspecified atom stereocenters. The van der Waals surface area contributed by atoms with Gasteiger partial charge in [-0.3, -0.25) is 9.59 Å². The molecule has 2 N–H and O–H groups in total. The standard InChI is InChI=1S/C17H24N2O5/c1-12(17(22)23)19(11-10-18-13(2)20)16(21)9-6-14-4-7-15(24-3)8-5-14/h4-5,7-8,12H,6,9-11H2,1-3H3,(H,18,20)(H,22,23). The fourth-order valence-electron chi connectivity index (χ4n) is 2.21. The van der Waals surface area contributed by atoms with Crippen molar-refractivity contribution in [1.82, 2.24) is 10.2 Å². The average Bonchev–Trinajstić information content (AvgIpc) is 2.56. The number of hydrogen-bond donors (Lipinski definition) is 2. The Balaban J connectivity index is 2.64. The molecular formula is C17H24N2O5. The van der Waals surface area contributed by atoms with E-state index in [4.69, 9.17) is 9.84 Å². The zero-order chi connectivity index (χ0) is 18.1. The Morgan fingerprint density at radius 3 is 2.38 bits per heavy atom. The van der Waals surface area contributed by atoms with Crippen LogP contribution in [0.5, 0.6) is 5.75 Å². The number of carboxylic acid groups (broad SMARTS) is 1. The van der Waals surface area contributed by atoms with Gasteiger partial charge in [0, 0.05) is 26.4 Å². The van der Waals surface area contributed by atoms with E-state index in [0.717, 1.165) is 11.3 Å². The Morgan fingerprint density at radius 1 is 1.25 bits per heavy atom. The van der Waals surface area contributed by atoms with Crippen molar-refractivity contribution in [3.8, 4) is 5.75 Å². The molecule has 0 fully saturated rings. The van der Waals surface area contributed by atoms with Gasteiger partial charge in [-0.15, -0.1) is 0 Å². The summed E-state index contributed by atoms with van der Waals surface area (Å²) in [5.74, 6) is -0.813. The summed E-state index contributed by atoms with van der Waals surface area (Å²) < 4.78 is 5.08. The van der Waals surface area contributed by atoms with Crippen LogP contribution in [0.4, 0.5) is 0 Å². The second-order valence-electron chi connectivity index (χ2n) is 5.43. The molecule has 1 atom stereocenters. The van der Waals surface area contributed by atoms with Gasteiger partial charge in [-0.05, 0) is 31.0 Å². The van der Waals surface area contributed by atoms with E-state index in [-0.39, 0.29) is 31.3 Å². The molecule has 132 valence electrons. The van der Waals surface area contributed by atoms with Crippen LogP contribution in [0, 0.1) is 0 Å². The van der Waals surface area contributed by atoms with Crippen LogP contribution in [0.15, 0.2) is 24.3 Å². The topological polar surface area (TPSA) is 95.9 Å². The Bertz CT molecular complexity index is 571. The molecule has 0 heterocycles. The quantitative estimate of drug-likeness (QED) is 0.703. The molecule has 0 spiro atoms. The van der Waals surface area contributed by atoms with Crippen LogP contribution in [0.2, 0.25) is 0 Å². The molecule has 0 saturated carbocycles. The number of hydrogen-bond acceptors (Lipinski definition) is 4. The maximum Gasteiger partial charge on any atom is 0.326 e. The highest BCUT2D eigenvalue weighted by Crippen LogP contribution is 2.13. The summed E-state index contributed by atoms with van der Waals surface area (Å²) >= 11 is 0. The predicted octanol–water partition coefficient (Wildman–Crippen LogP) is 1.07. The molecule has 7 nitrogen and oxygen atoms in total. The summed E-state index contributed by atoms with van der Waals surface area (Å²) in [7, 11) is 1.58. The zero-order valence-electron chi connectivity index (χ0n) is 14.2. The molecule has 2 amide bonds. The van der Waals surface area contributed by atoms with E-state index in [2.05, 4.69) is 5.32 Å². The van der Waals surface area contributed by atoms with Crippen LogP contribution in [0.25, 0.3) is 0 Å². The highest BCUT2D eigenvalue weighted by atomic mass is 16.5. The van der Waals surface area contributed by atoms with Gasteiger partial charge in [0.25, 0.3) is 0 Å². The van der Waals surface area contributed by atoms with E-state index in [9.17, 15) is 14.4 Å². The molecule has 0 radical (unpaired) electrons. The van der Waals surface area contributed by atoms with Crippen molar-refractivity contribution in [2.45, 2.75) is 32.7 Å². The second kappa shape index (κ2) is 9.54. The maximum absolute atomic E-state index is 12.4. The Labute approximate surface area is 141 Å². The largest absolute Gasteiger partial charge is 0.497 e. The van der Waals surface area contributed by atoms with Gasteiger partial charge in [-0.25, -0.2) is 4.79 Å². The van der Waals surface area contributed by atoms with Crippen molar-refractivity contribution in [3.63, 3.8) is 0 Å². The lowest BCUT2D eigenvalue weighted by molar-refractivity contribution is -0.149. The third-order valence-corrected chi connectivity index (χ3v) is 3.66. The van der Waals surface area contributed by atoms with Crippen LogP contribution < -0.4 is 10.1 Å². The van der Waals surface area contributed by atoms with Crippen molar-refractivity contribution in [1.29, 1.82) is 0 Å². The first-order chi connectivity index (χ1) is 11.3. The number of methoxy groups -OCH3 is 1. The molecule has 0 aliphatic carbocycles. The van der Waals surface area contributed by atoms with E-state index >= 15 is 0 Å². The number of carbonyl (C=O) groups excluding carboxylic acids is 2. The first kappa shape index (κ1) is 19.5. The summed E-state index contributed by atoms with van der Waals surface area (Å²) in [5.41, 5.74) is 0.967. The Morgan fingerprint density at radius 2 is 1.88 bits per heavy atom. The molecule has 0 saturated heterocycles. The van der Waals surface area contributed by atoms with Gasteiger partial charge < -0.3 is 20.1 Å². The predicted molar refractivity (Wildman–Crippen MR) is 88.8 cm³/mol. The van der Waals surface area contributed by atoms with Crippen molar-refractivity contribution >= 4 is 17.8 Å². The van der Waals surface area contributed by atoms with Crippen molar-refractivity contribution in [2.24, 2.45) is 0 Å². The SMILES string of the molecule is COc1ccc(CCC(=O)N(CCNC(C)=O)C(C)C(=O)O)cc1. The fourth-order valence-corrected chi connectivity index (χ4v) is 2.21. The molecule has 0 aliphatic heterocycles. The number of amides is 2. The number of nitrogens with one attached hydrogen (secondary N) is 1. The monoisotopic (exact) mass is 336 g/mol. The van der Waals surface area contributed by atoms with Crippen LogP contribution in [-0.4, -0.2) is 54.0 Å². The smallest absolute Gasteiger partial charge is 0.326 e. The van der Waals surface area contributed by atoms with Crippen molar-refractivity contribution in [2.75, 3.05) is 20.2 Å². The summed E-state index contributed by atoms with van der Waals surface area (Å²) in [4.78, 5) is 35.8. The Kier molecular flexibility index (Phi) is 7.74. The van der Waals surface area contributed by atoms with Gasteiger partial charge in [0.05, 0.1) is 7.11 Å². The third kappa shape index (κ3) is 6.28. The third-order valence-electron chi connectivity index (χ3n) is 3.66. The first-order valence-electron chi connectivity index (χ1n) is 7.74. The number of ether oxygens (including phenoxy) is 1. The molecule has 0 aliphatic rings. The van der Waals surface area contributed by atoms with Gasteiger partial charge >= 0.3 is 5.97 Å². The molecule has 1 aromatic carbocycles. The van der Waals surface area contributed by atoms with Crippen LogP contribution in [0.3, 0.4) is 0 Å². The Hall–Kier alpha value is -2.57. The van der Waals surface area contributed by atoms with E-state index in [0.29, 0.717) is 6.42 Å². The van der Waals surface area contributed by atoms with Crippen molar-refractivity contribution < 1.29 is 24.2 Å². The molecular weight excluding hydrogens is 312 g/mol. The maximum atomic E-state index is 12.4. The first-order valence-corrected chi connectivity index (χ1v) is 7.74. The average molecular weight is 336 g/mol. The van der Waals surface area contributed by atoms with Gasteiger partial charge in [0.2, 0.25) is 11.8 Å². The van der Waals surface area contributed by atoms with Gasteiger partial charge in [0.1, 0.15) is 11.8 Å². The number of carboxylic acids is 1. The van der Waals surface area contributed by atoms with Crippen LogP contribution in [-0.2, 0) is 20.8 Å². The summed E-state index contributed by atoms with van der Waals surface area (Å²) in [5, 5.41) is 11.7. The van der Waals surface area contributed by atoms with Crippen molar-refractivity contribution in [3.05, 3.63) is 29.8 Å². The molecule has 1 rings (SSSR count). The number of rotatable bonds is 9. The number of nitrogens with zero attached hydrogens (tertiary/aromatic N) is 1. The second-order valence-corrected chi connectivity index (χ2v) is 5.43. The number of aryl methyl sites for hydroxylation is 1. The van der Waals surface area contributed by atoms with E-state index in [1.165, 1.54) is 18.7 Å². The van der Waals surface area contributed by atoms with E-state index in [1.807, 2.05) is 24.3 Å². The lowest BCUT2D eigenvalue weighted by atomic mass is 10.1. The highest BCUT2D eigenvalue weighted by molar-refractivity contribution is 5.83. The summed E-state index contributed by atoms with van der Waals surface area (Å²) in [6.45, 7) is 3.22. The molecule has 1 aromatic rings. The summed E-state index contributed by atoms with van der Waals surface area (Å²) in [6, 6.07) is 6.42. The number of aliphatic carboxylic acids is 1. The lowest BCUT2D eigenvalue weighted by Crippen LogP contribution is -2.46. The highest BCUT2D eigenvalue weighted by Gasteiger charge is 2.24. The zero-order valence-corrected chi connectivity index (χ0v) is 14.2. The van der Waals surface area contributed by atoms with E-state index < -0.39 is 12.0 Å². The van der Waals surface area contributed by atoms with Gasteiger partial charge in [-0.1, -0.05) is 12.1 Å². The molecule has 0 aromatic heterocycles. The minimum absolute atomic E-state index is 0.161. The minimum atomic E-state index is -1.07. The minimum Gasteiger partial charge on any atom is -0.497 e.